The molecule has 2 rings (SSSR count). The minimum Gasteiger partial charge on any atom is -0.481 e. The summed E-state index contributed by atoms with van der Waals surface area (Å²) in [5, 5.41) is 11.3. The average molecular weight is 343 g/mol. The first-order chi connectivity index (χ1) is 11.6. The number of carbonyl (C=O) groups excluding carboxylic acids is 1. The Morgan fingerprint density at radius 2 is 1.62 bits per heavy atom. The van der Waals surface area contributed by atoms with Crippen LogP contribution in [0.2, 0.25) is 0 Å². The van der Waals surface area contributed by atoms with Gasteiger partial charge in [-0.25, -0.2) is 0 Å². The van der Waals surface area contributed by atoms with E-state index in [-0.39, 0.29) is 23.5 Å². The van der Waals surface area contributed by atoms with Crippen molar-refractivity contribution in [1.82, 2.24) is 5.32 Å². The third-order valence-electron chi connectivity index (χ3n) is 3.49. The molecule has 2 unspecified atom stereocenters. The lowest BCUT2D eigenvalue weighted by Gasteiger charge is -2.18. The monoisotopic (exact) mass is 343 g/mol. The lowest BCUT2D eigenvalue weighted by Crippen LogP contribution is -2.32. The van der Waals surface area contributed by atoms with Gasteiger partial charge in [0.2, 0.25) is 5.91 Å². The number of hydrogen-bond donors (Lipinski definition) is 2. The van der Waals surface area contributed by atoms with Crippen LogP contribution in [0.5, 0.6) is 0 Å². The molecule has 5 heteroatoms. The van der Waals surface area contributed by atoms with Crippen molar-refractivity contribution >= 4 is 23.6 Å². The largest absolute Gasteiger partial charge is 0.481 e. The van der Waals surface area contributed by atoms with Crippen molar-refractivity contribution in [2.45, 2.75) is 23.5 Å². The van der Waals surface area contributed by atoms with Gasteiger partial charge in [-0.2, -0.15) is 0 Å². The van der Waals surface area contributed by atoms with E-state index in [2.05, 4.69) is 5.32 Å². The smallest absolute Gasteiger partial charge is 0.303 e. The molecule has 2 N–H and O–H groups in total. The zero-order valence-electron chi connectivity index (χ0n) is 13.5. The van der Waals surface area contributed by atoms with Gasteiger partial charge in [0.05, 0.1) is 0 Å². The van der Waals surface area contributed by atoms with Gasteiger partial charge in [-0.05, 0) is 23.6 Å². The Labute approximate surface area is 146 Å². The molecule has 0 spiro atoms. The highest BCUT2D eigenvalue weighted by molar-refractivity contribution is 8.00. The Morgan fingerprint density at radius 1 is 1.04 bits per heavy atom. The van der Waals surface area contributed by atoms with E-state index in [1.807, 2.05) is 67.6 Å². The molecule has 2 atom stereocenters. The number of carbonyl (C=O) groups is 2. The first kappa shape index (κ1) is 18.1. The Bertz CT molecular complexity index is 661. The van der Waals surface area contributed by atoms with E-state index in [9.17, 15) is 9.59 Å². The first-order valence-electron chi connectivity index (χ1n) is 7.82. The maximum atomic E-state index is 12.7. The van der Waals surface area contributed by atoms with E-state index in [0.717, 1.165) is 10.5 Å². The lowest BCUT2D eigenvalue weighted by atomic mass is 10.1. The van der Waals surface area contributed by atoms with Gasteiger partial charge in [-0.3, -0.25) is 9.59 Å². The third-order valence-corrected chi connectivity index (χ3v) is 4.75. The number of carboxylic acids is 1. The van der Waals surface area contributed by atoms with Gasteiger partial charge in [0.25, 0.3) is 0 Å². The van der Waals surface area contributed by atoms with E-state index in [1.54, 1.807) is 0 Å². The van der Waals surface area contributed by atoms with Crippen LogP contribution in [0, 0.1) is 5.92 Å². The van der Waals surface area contributed by atoms with Gasteiger partial charge < -0.3 is 10.4 Å². The zero-order chi connectivity index (χ0) is 17.4. The van der Waals surface area contributed by atoms with E-state index >= 15 is 0 Å². The standard InChI is InChI=1S/C19H21NO3S/c1-14(12-17(21)22)13-20-19(23)18(15-8-4-2-5-9-15)24-16-10-6-3-7-11-16/h2-11,14,18H,12-13H2,1H3,(H,20,23)(H,21,22). The normalized spacial score (nSPS) is 13.0. The molecular formula is C19H21NO3S. The number of benzene rings is 2. The van der Waals surface area contributed by atoms with Crippen LogP contribution >= 0.6 is 11.8 Å². The molecule has 0 aromatic heterocycles. The fourth-order valence-electron chi connectivity index (χ4n) is 2.27. The van der Waals surface area contributed by atoms with E-state index < -0.39 is 5.97 Å². The topological polar surface area (TPSA) is 66.4 Å². The molecule has 4 nitrogen and oxygen atoms in total. The number of amides is 1. The number of aliphatic carboxylic acids is 1. The van der Waals surface area contributed by atoms with E-state index in [0.29, 0.717) is 6.54 Å². The highest BCUT2D eigenvalue weighted by Gasteiger charge is 2.22. The van der Waals surface area contributed by atoms with Gasteiger partial charge in [0.1, 0.15) is 5.25 Å². The Balaban J connectivity index is 2.07. The second-order valence-electron chi connectivity index (χ2n) is 5.67. The third kappa shape index (κ3) is 5.74. The first-order valence-corrected chi connectivity index (χ1v) is 8.70. The Hall–Kier alpha value is -2.27. The number of thioether (sulfide) groups is 1. The van der Waals surface area contributed by atoms with Crippen LogP contribution < -0.4 is 5.32 Å². The molecule has 126 valence electrons. The summed E-state index contributed by atoms with van der Waals surface area (Å²) < 4.78 is 0. The van der Waals surface area contributed by atoms with Gasteiger partial charge in [0, 0.05) is 17.9 Å². The van der Waals surface area contributed by atoms with Crippen molar-refractivity contribution in [1.29, 1.82) is 0 Å². The van der Waals surface area contributed by atoms with Crippen LogP contribution in [0.15, 0.2) is 65.6 Å². The number of hydrogen-bond acceptors (Lipinski definition) is 3. The minimum absolute atomic E-state index is 0.0438. The Kier molecular flexibility index (Phi) is 6.88. The van der Waals surface area contributed by atoms with Crippen molar-refractivity contribution in [3.8, 4) is 0 Å². The molecule has 0 radical (unpaired) electrons. The van der Waals surface area contributed by atoms with Gasteiger partial charge in [-0.1, -0.05) is 55.5 Å². The van der Waals surface area contributed by atoms with Gasteiger partial charge in [0.15, 0.2) is 0 Å². The molecule has 2 aromatic rings. The van der Waals surface area contributed by atoms with Crippen LogP contribution in [0.3, 0.4) is 0 Å². The van der Waals surface area contributed by atoms with Crippen molar-refractivity contribution in [3.05, 3.63) is 66.2 Å². The lowest BCUT2D eigenvalue weighted by molar-refractivity contribution is -0.138. The molecular weight excluding hydrogens is 322 g/mol. The van der Waals surface area contributed by atoms with Crippen LogP contribution in [-0.2, 0) is 9.59 Å². The fourth-order valence-corrected chi connectivity index (χ4v) is 3.34. The van der Waals surface area contributed by atoms with Crippen molar-refractivity contribution in [2.24, 2.45) is 5.92 Å². The van der Waals surface area contributed by atoms with Crippen LogP contribution in [0.25, 0.3) is 0 Å². The van der Waals surface area contributed by atoms with Crippen molar-refractivity contribution in [2.75, 3.05) is 6.54 Å². The summed E-state index contributed by atoms with van der Waals surface area (Å²) in [6.07, 6.45) is 0.0438. The summed E-state index contributed by atoms with van der Waals surface area (Å²) >= 11 is 1.49. The SMILES string of the molecule is CC(CNC(=O)C(Sc1ccccc1)c1ccccc1)CC(=O)O. The molecule has 0 heterocycles. The quantitative estimate of drug-likeness (QED) is 0.717. The van der Waals surface area contributed by atoms with Gasteiger partial charge in [-0.15, -0.1) is 11.8 Å². The Morgan fingerprint density at radius 3 is 2.21 bits per heavy atom. The molecule has 0 aliphatic rings. The molecule has 0 bridgehead atoms. The molecule has 0 saturated heterocycles. The van der Waals surface area contributed by atoms with Crippen LogP contribution in [0.4, 0.5) is 0 Å². The van der Waals surface area contributed by atoms with E-state index in [1.165, 1.54) is 11.8 Å². The summed E-state index contributed by atoms with van der Waals surface area (Å²) in [4.78, 5) is 24.4. The van der Waals surface area contributed by atoms with E-state index in [4.69, 9.17) is 5.11 Å². The summed E-state index contributed by atoms with van der Waals surface area (Å²) in [6.45, 7) is 2.17. The second-order valence-corrected chi connectivity index (χ2v) is 6.85. The summed E-state index contributed by atoms with van der Waals surface area (Å²) in [7, 11) is 0. The average Bonchev–Trinajstić information content (AvgIpc) is 2.58. The predicted molar refractivity (Wildman–Crippen MR) is 95.9 cm³/mol. The molecule has 24 heavy (non-hydrogen) atoms. The van der Waals surface area contributed by atoms with Crippen molar-refractivity contribution in [3.63, 3.8) is 0 Å². The molecule has 0 aliphatic heterocycles. The maximum Gasteiger partial charge on any atom is 0.303 e. The molecule has 2 aromatic carbocycles. The van der Waals surface area contributed by atoms with Gasteiger partial charge >= 0.3 is 5.97 Å². The molecule has 0 saturated carbocycles. The maximum absolute atomic E-state index is 12.7. The van der Waals surface area contributed by atoms with Crippen LogP contribution in [0.1, 0.15) is 24.2 Å². The highest BCUT2D eigenvalue weighted by Crippen LogP contribution is 2.35. The summed E-state index contributed by atoms with van der Waals surface area (Å²) in [6, 6.07) is 19.4. The summed E-state index contributed by atoms with van der Waals surface area (Å²) in [5.41, 5.74) is 0.926. The minimum atomic E-state index is -0.852. The molecule has 1 amide bonds. The predicted octanol–water partition coefficient (Wildman–Crippen LogP) is 3.75. The molecule has 0 aliphatic carbocycles. The van der Waals surface area contributed by atoms with Crippen LogP contribution in [-0.4, -0.2) is 23.5 Å². The summed E-state index contributed by atoms with van der Waals surface area (Å²) in [5.74, 6) is -1.06. The fraction of sp³-hybridized carbons (Fsp3) is 0.263. The number of nitrogens with one attached hydrogen (secondary N) is 1. The highest BCUT2D eigenvalue weighted by atomic mass is 32.2. The number of carboxylic acid groups (broad SMARTS) is 1. The zero-order valence-corrected chi connectivity index (χ0v) is 14.3. The number of rotatable bonds is 8. The van der Waals surface area contributed by atoms with Crippen molar-refractivity contribution < 1.29 is 14.7 Å². The molecule has 0 fully saturated rings. The second kappa shape index (κ2) is 9.13.